The summed E-state index contributed by atoms with van der Waals surface area (Å²) in [6.45, 7) is 12.6. The van der Waals surface area contributed by atoms with Gasteiger partial charge in [-0.3, -0.25) is 0 Å². The van der Waals surface area contributed by atoms with E-state index in [2.05, 4.69) is 37.2 Å². The van der Waals surface area contributed by atoms with Gasteiger partial charge in [0.2, 0.25) is 0 Å². The van der Waals surface area contributed by atoms with Crippen molar-refractivity contribution in [2.45, 2.75) is 45.8 Å². The molecule has 0 saturated carbocycles. The zero-order chi connectivity index (χ0) is 12.2. The van der Waals surface area contributed by atoms with Crippen LogP contribution in [0.3, 0.4) is 0 Å². The second kappa shape index (κ2) is 6.14. The molecule has 0 amide bonds. The van der Waals surface area contributed by atoms with Crippen LogP contribution in [0.15, 0.2) is 0 Å². The van der Waals surface area contributed by atoms with E-state index < -0.39 is 8.48 Å². The Labute approximate surface area is 102 Å². The molecular weight excluding hydrogens is 216 g/mol. The molecule has 0 spiro atoms. The van der Waals surface area contributed by atoms with E-state index in [1.807, 2.05) is 7.11 Å². The third kappa shape index (κ3) is 3.84. The molecule has 96 valence electrons. The summed E-state index contributed by atoms with van der Waals surface area (Å²) in [5.74, 6) is 0.729. The number of rotatable bonds is 6. The summed E-state index contributed by atoms with van der Waals surface area (Å²) in [5.41, 5.74) is 0. The Kier molecular flexibility index (Phi) is 5.44. The molecule has 3 nitrogen and oxygen atoms in total. The molecule has 0 aromatic rings. The van der Waals surface area contributed by atoms with E-state index in [1.165, 1.54) is 19.0 Å². The summed E-state index contributed by atoms with van der Waals surface area (Å²) in [6, 6.07) is 1.86. The summed E-state index contributed by atoms with van der Waals surface area (Å²) >= 11 is 0. The molecule has 0 aliphatic carbocycles. The predicted octanol–water partition coefficient (Wildman–Crippen LogP) is 2.04. The molecule has 0 aromatic carbocycles. The summed E-state index contributed by atoms with van der Waals surface area (Å²) in [4.78, 5) is 0. The monoisotopic (exact) mass is 244 g/mol. The lowest BCUT2D eigenvalue weighted by molar-refractivity contribution is 0.294. The zero-order valence-electron chi connectivity index (χ0n) is 11.5. The fraction of sp³-hybridized carbons (Fsp3) is 1.00. The van der Waals surface area contributed by atoms with Crippen LogP contribution in [0.5, 0.6) is 0 Å². The lowest BCUT2D eigenvalue weighted by Gasteiger charge is -2.33. The molecule has 1 N–H and O–H groups in total. The number of hydrogen-bond donors (Lipinski definition) is 1. The van der Waals surface area contributed by atoms with E-state index in [1.54, 1.807) is 0 Å². The normalized spacial score (nSPS) is 28.9. The fourth-order valence-electron chi connectivity index (χ4n) is 2.34. The van der Waals surface area contributed by atoms with Crippen LogP contribution in [-0.4, -0.2) is 45.8 Å². The van der Waals surface area contributed by atoms with E-state index in [0.29, 0.717) is 6.04 Å². The third-order valence-corrected chi connectivity index (χ3v) is 7.45. The van der Waals surface area contributed by atoms with Crippen molar-refractivity contribution < 1.29 is 4.43 Å². The molecule has 1 rings (SSSR count). The van der Waals surface area contributed by atoms with Crippen molar-refractivity contribution in [2.75, 3.05) is 26.7 Å². The highest BCUT2D eigenvalue weighted by Crippen LogP contribution is 2.26. The molecule has 1 fully saturated rings. The van der Waals surface area contributed by atoms with Gasteiger partial charge in [-0.1, -0.05) is 13.8 Å². The first-order valence-electron chi connectivity index (χ1n) is 6.51. The van der Waals surface area contributed by atoms with Crippen molar-refractivity contribution in [3.05, 3.63) is 0 Å². The highest BCUT2D eigenvalue weighted by molar-refractivity contribution is 6.70. The molecule has 1 heterocycles. The van der Waals surface area contributed by atoms with Gasteiger partial charge in [-0.2, -0.15) is 0 Å². The van der Waals surface area contributed by atoms with Gasteiger partial charge in [-0.15, -0.1) is 0 Å². The smallest absolute Gasteiger partial charge is 0.267 e. The largest absolute Gasteiger partial charge is 0.406 e. The highest BCUT2D eigenvalue weighted by atomic mass is 28.4. The second-order valence-corrected chi connectivity index (χ2v) is 9.52. The SMILES string of the molecule is CO[Si]1(C)CCCN1CC(C)NCC(C)C. The summed E-state index contributed by atoms with van der Waals surface area (Å²) in [5, 5.41) is 3.60. The van der Waals surface area contributed by atoms with Gasteiger partial charge in [0.25, 0.3) is 8.48 Å². The maximum absolute atomic E-state index is 5.77. The van der Waals surface area contributed by atoms with Crippen LogP contribution >= 0.6 is 0 Å². The first-order chi connectivity index (χ1) is 7.48. The standard InChI is InChI=1S/C12H28N2OSi/c1-11(2)9-13-12(3)10-14-7-6-8-16(14,5)15-4/h11-13H,6-10H2,1-5H3. The number of hydrogen-bond acceptors (Lipinski definition) is 3. The van der Waals surface area contributed by atoms with Crippen molar-refractivity contribution in [1.82, 2.24) is 9.88 Å². The quantitative estimate of drug-likeness (QED) is 0.724. The molecular formula is C12H28N2OSi. The van der Waals surface area contributed by atoms with Crippen LogP contribution in [0.4, 0.5) is 0 Å². The van der Waals surface area contributed by atoms with Crippen LogP contribution in [-0.2, 0) is 4.43 Å². The van der Waals surface area contributed by atoms with Gasteiger partial charge >= 0.3 is 0 Å². The average molecular weight is 244 g/mol. The van der Waals surface area contributed by atoms with Gasteiger partial charge in [0.1, 0.15) is 0 Å². The average Bonchev–Trinajstić information content (AvgIpc) is 2.58. The Balaban J connectivity index is 2.35. The van der Waals surface area contributed by atoms with Gasteiger partial charge in [-0.25, -0.2) is 0 Å². The molecule has 2 unspecified atom stereocenters. The van der Waals surface area contributed by atoms with E-state index in [4.69, 9.17) is 4.43 Å². The summed E-state index contributed by atoms with van der Waals surface area (Å²) in [7, 11) is 0.370. The van der Waals surface area contributed by atoms with E-state index >= 15 is 0 Å². The summed E-state index contributed by atoms with van der Waals surface area (Å²) < 4.78 is 8.38. The number of nitrogens with zero attached hydrogens (tertiary/aromatic N) is 1. The van der Waals surface area contributed by atoms with Gasteiger partial charge in [0.05, 0.1) is 0 Å². The van der Waals surface area contributed by atoms with Crippen molar-refractivity contribution in [2.24, 2.45) is 5.92 Å². The Morgan fingerprint density at radius 3 is 2.62 bits per heavy atom. The van der Waals surface area contributed by atoms with E-state index in [-0.39, 0.29) is 0 Å². The van der Waals surface area contributed by atoms with Crippen LogP contribution in [0.2, 0.25) is 12.6 Å². The van der Waals surface area contributed by atoms with Crippen molar-refractivity contribution in [3.8, 4) is 0 Å². The molecule has 2 atom stereocenters. The van der Waals surface area contributed by atoms with Crippen LogP contribution < -0.4 is 5.32 Å². The van der Waals surface area contributed by atoms with Gasteiger partial charge in [0, 0.05) is 19.7 Å². The van der Waals surface area contributed by atoms with Crippen molar-refractivity contribution >= 4 is 8.48 Å². The Bertz CT molecular complexity index is 213. The van der Waals surface area contributed by atoms with Crippen LogP contribution in [0, 0.1) is 5.92 Å². The van der Waals surface area contributed by atoms with Crippen LogP contribution in [0.25, 0.3) is 0 Å². The molecule has 0 aromatic heterocycles. The molecule has 1 aliphatic heterocycles. The second-order valence-electron chi connectivity index (χ2n) is 5.63. The van der Waals surface area contributed by atoms with Crippen molar-refractivity contribution in [3.63, 3.8) is 0 Å². The van der Waals surface area contributed by atoms with Gasteiger partial charge < -0.3 is 14.3 Å². The molecule has 16 heavy (non-hydrogen) atoms. The number of nitrogens with one attached hydrogen (secondary N) is 1. The first-order valence-corrected chi connectivity index (χ1v) is 9.08. The molecule has 0 radical (unpaired) electrons. The maximum Gasteiger partial charge on any atom is 0.267 e. The Morgan fingerprint density at radius 2 is 2.06 bits per heavy atom. The van der Waals surface area contributed by atoms with Crippen LogP contribution in [0.1, 0.15) is 27.2 Å². The molecule has 4 heteroatoms. The topological polar surface area (TPSA) is 24.5 Å². The molecule has 0 bridgehead atoms. The maximum atomic E-state index is 5.77. The molecule has 1 saturated heterocycles. The van der Waals surface area contributed by atoms with E-state index in [0.717, 1.165) is 19.0 Å². The van der Waals surface area contributed by atoms with Gasteiger partial charge in [-0.05, 0) is 44.9 Å². The highest BCUT2D eigenvalue weighted by Gasteiger charge is 2.40. The summed E-state index contributed by atoms with van der Waals surface area (Å²) in [6.07, 6.45) is 1.31. The third-order valence-electron chi connectivity index (χ3n) is 3.55. The zero-order valence-corrected chi connectivity index (χ0v) is 12.5. The fourth-order valence-corrected chi connectivity index (χ4v) is 5.22. The minimum absolute atomic E-state index is 0.572. The minimum atomic E-state index is -1.52. The van der Waals surface area contributed by atoms with Gasteiger partial charge in [0.15, 0.2) is 0 Å². The van der Waals surface area contributed by atoms with E-state index in [9.17, 15) is 0 Å². The Morgan fingerprint density at radius 1 is 1.38 bits per heavy atom. The Hall–Kier alpha value is 0.0969. The lowest BCUT2D eigenvalue weighted by atomic mass is 10.2. The lowest BCUT2D eigenvalue weighted by Crippen LogP contribution is -2.52. The predicted molar refractivity (Wildman–Crippen MR) is 71.9 cm³/mol. The minimum Gasteiger partial charge on any atom is -0.406 e. The molecule has 1 aliphatic rings. The van der Waals surface area contributed by atoms with Crippen molar-refractivity contribution in [1.29, 1.82) is 0 Å². The first kappa shape index (κ1) is 14.2.